The first-order chi connectivity index (χ1) is 15.1. The van der Waals surface area contributed by atoms with Crippen molar-refractivity contribution in [1.82, 2.24) is 25.0 Å². The van der Waals surface area contributed by atoms with Crippen LogP contribution in [-0.4, -0.2) is 25.6 Å². The van der Waals surface area contributed by atoms with Gasteiger partial charge in [-0.3, -0.25) is 14.2 Å². The van der Waals surface area contributed by atoms with E-state index in [1.807, 2.05) is 22.9 Å². The van der Waals surface area contributed by atoms with E-state index in [0.717, 1.165) is 42.5 Å². The lowest BCUT2D eigenvalue weighted by atomic mass is 9.81. The van der Waals surface area contributed by atoms with Crippen molar-refractivity contribution in [3.8, 4) is 10.4 Å². The fraction of sp³-hybridized carbons (Fsp3) is 0.381. The van der Waals surface area contributed by atoms with Crippen molar-refractivity contribution in [2.75, 3.05) is 0 Å². The molecular formula is C21H21N5O3S2. The minimum absolute atomic E-state index is 0.111. The number of nitrogens with zero attached hydrogens (tertiary/aromatic N) is 4. The molecule has 1 aliphatic carbocycles. The third-order valence-electron chi connectivity index (χ3n) is 5.70. The van der Waals surface area contributed by atoms with Crippen LogP contribution in [0.1, 0.15) is 43.8 Å². The van der Waals surface area contributed by atoms with Gasteiger partial charge in [-0.05, 0) is 24.3 Å². The van der Waals surface area contributed by atoms with E-state index >= 15 is 0 Å². The monoisotopic (exact) mass is 455 g/mol. The Morgan fingerprint density at radius 3 is 2.84 bits per heavy atom. The second kappa shape index (κ2) is 8.01. The maximum absolute atomic E-state index is 13.2. The largest absolute Gasteiger partial charge is 0.342 e. The summed E-state index contributed by atoms with van der Waals surface area (Å²) in [7, 11) is 0. The van der Waals surface area contributed by atoms with Crippen LogP contribution in [0.15, 0.2) is 38.5 Å². The summed E-state index contributed by atoms with van der Waals surface area (Å²) in [6, 6.07) is 3.94. The van der Waals surface area contributed by atoms with Crippen LogP contribution in [0.25, 0.3) is 20.7 Å². The number of hydrogen-bond donors (Lipinski definition) is 1. The number of nitrogens with one attached hydrogen (secondary N) is 1. The van der Waals surface area contributed by atoms with E-state index in [2.05, 4.69) is 20.4 Å². The molecule has 8 nitrogen and oxygen atoms in total. The number of fused-ring (bicyclic) bond motifs is 1. The second-order valence-electron chi connectivity index (χ2n) is 7.81. The Labute approximate surface area is 185 Å². The van der Waals surface area contributed by atoms with Crippen LogP contribution in [-0.2, 0) is 16.9 Å². The average molecular weight is 456 g/mol. The molecule has 0 bridgehead atoms. The highest BCUT2D eigenvalue weighted by Crippen LogP contribution is 2.36. The van der Waals surface area contributed by atoms with E-state index in [1.54, 1.807) is 18.3 Å². The molecule has 0 atom stereocenters. The maximum atomic E-state index is 13.2. The van der Waals surface area contributed by atoms with Crippen LogP contribution >= 0.6 is 22.7 Å². The van der Waals surface area contributed by atoms with Gasteiger partial charge in [0.25, 0.3) is 5.56 Å². The molecule has 0 spiro atoms. The fourth-order valence-corrected chi connectivity index (χ4v) is 5.93. The van der Waals surface area contributed by atoms with Gasteiger partial charge in [0.2, 0.25) is 11.8 Å². The molecule has 0 saturated heterocycles. The van der Waals surface area contributed by atoms with Gasteiger partial charge in [-0.1, -0.05) is 30.5 Å². The summed E-state index contributed by atoms with van der Waals surface area (Å²) in [6.07, 6.45) is 6.00. The Hall–Kier alpha value is -2.85. The van der Waals surface area contributed by atoms with E-state index < -0.39 is 5.54 Å². The summed E-state index contributed by atoms with van der Waals surface area (Å²) in [5.41, 5.74) is 0.00447. The van der Waals surface area contributed by atoms with Crippen LogP contribution in [0, 0.1) is 6.92 Å². The predicted octanol–water partition coefficient (Wildman–Crippen LogP) is 3.85. The van der Waals surface area contributed by atoms with Crippen LogP contribution in [0.5, 0.6) is 0 Å². The smallest absolute Gasteiger partial charge is 0.263 e. The molecule has 0 aliphatic heterocycles. The topological polar surface area (TPSA) is 103 Å². The van der Waals surface area contributed by atoms with Crippen LogP contribution in [0.3, 0.4) is 0 Å². The zero-order valence-electron chi connectivity index (χ0n) is 17.0. The lowest BCUT2D eigenvalue weighted by Crippen LogP contribution is -2.49. The van der Waals surface area contributed by atoms with Gasteiger partial charge in [-0.15, -0.1) is 22.7 Å². The number of aryl methyl sites for hydroxylation is 1. The Kier molecular flexibility index (Phi) is 5.19. The molecule has 5 rings (SSSR count). The normalized spacial score (nSPS) is 15.9. The predicted molar refractivity (Wildman–Crippen MR) is 119 cm³/mol. The third kappa shape index (κ3) is 3.70. The first kappa shape index (κ1) is 20.1. The van der Waals surface area contributed by atoms with Crippen LogP contribution in [0.4, 0.5) is 0 Å². The lowest BCUT2D eigenvalue weighted by Gasteiger charge is -2.35. The molecule has 1 aliphatic rings. The molecule has 1 N–H and O–H groups in total. The molecule has 0 unspecified atom stereocenters. The molecule has 10 heteroatoms. The summed E-state index contributed by atoms with van der Waals surface area (Å²) in [4.78, 5) is 36.7. The van der Waals surface area contributed by atoms with Crippen molar-refractivity contribution in [1.29, 1.82) is 0 Å². The standard InChI is InChI=1S/C21H21N5O3S2/c1-13-23-20(25-29-13)21(7-3-2-4-8-21)24-16(27)10-26-12-22-18-17(19(26)28)14(11-31-18)15-6-5-9-30-15/h5-6,9,11-12H,2-4,7-8,10H2,1H3,(H,24,27). The molecule has 0 aromatic carbocycles. The van der Waals surface area contributed by atoms with Gasteiger partial charge in [0.05, 0.1) is 11.7 Å². The van der Waals surface area contributed by atoms with Gasteiger partial charge < -0.3 is 9.84 Å². The molecule has 160 valence electrons. The first-order valence-electron chi connectivity index (χ1n) is 10.2. The summed E-state index contributed by atoms with van der Waals surface area (Å²) in [5, 5.41) is 11.7. The number of carbonyl (C=O) groups excluding carboxylic acids is 1. The Morgan fingerprint density at radius 2 is 2.13 bits per heavy atom. The lowest BCUT2D eigenvalue weighted by molar-refractivity contribution is -0.124. The minimum Gasteiger partial charge on any atom is -0.342 e. The SMILES string of the molecule is Cc1nc(C2(NC(=O)Cn3cnc4scc(-c5cccs5)c4c3=O)CCCCC2)no1. The molecule has 4 aromatic rings. The number of hydrogen-bond acceptors (Lipinski definition) is 8. The number of carbonyl (C=O) groups is 1. The van der Waals surface area contributed by atoms with Crippen molar-refractivity contribution in [3.63, 3.8) is 0 Å². The van der Waals surface area contributed by atoms with E-state index in [-0.39, 0.29) is 18.0 Å². The molecule has 4 heterocycles. The van der Waals surface area contributed by atoms with Crippen molar-refractivity contribution in [3.05, 3.63) is 51.3 Å². The van der Waals surface area contributed by atoms with Gasteiger partial charge in [0, 0.05) is 22.7 Å². The van der Waals surface area contributed by atoms with Crippen molar-refractivity contribution >= 4 is 38.8 Å². The van der Waals surface area contributed by atoms with Gasteiger partial charge in [0.1, 0.15) is 16.9 Å². The van der Waals surface area contributed by atoms with E-state index in [1.165, 1.54) is 22.2 Å². The zero-order chi connectivity index (χ0) is 21.4. The number of aromatic nitrogens is 4. The first-order valence-corrected chi connectivity index (χ1v) is 11.9. The Morgan fingerprint density at radius 1 is 1.29 bits per heavy atom. The van der Waals surface area contributed by atoms with E-state index in [4.69, 9.17) is 4.52 Å². The summed E-state index contributed by atoms with van der Waals surface area (Å²) in [6.45, 7) is 1.63. The highest BCUT2D eigenvalue weighted by Gasteiger charge is 2.39. The van der Waals surface area contributed by atoms with E-state index in [0.29, 0.717) is 21.9 Å². The number of rotatable bonds is 5. The second-order valence-corrected chi connectivity index (χ2v) is 9.62. The maximum Gasteiger partial charge on any atom is 0.263 e. The highest BCUT2D eigenvalue weighted by atomic mass is 32.1. The molecule has 31 heavy (non-hydrogen) atoms. The number of amides is 1. The number of thiophene rings is 2. The summed E-state index contributed by atoms with van der Waals surface area (Å²) >= 11 is 3.01. The van der Waals surface area contributed by atoms with Crippen LogP contribution in [0.2, 0.25) is 0 Å². The Bertz CT molecular complexity index is 1280. The molecule has 1 saturated carbocycles. The van der Waals surface area contributed by atoms with Gasteiger partial charge in [-0.2, -0.15) is 4.98 Å². The van der Waals surface area contributed by atoms with Crippen molar-refractivity contribution < 1.29 is 9.32 Å². The summed E-state index contributed by atoms with van der Waals surface area (Å²) in [5.74, 6) is 0.718. The van der Waals surface area contributed by atoms with Crippen molar-refractivity contribution in [2.45, 2.75) is 51.1 Å². The van der Waals surface area contributed by atoms with Gasteiger partial charge >= 0.3 is 0 Å². The Balaban J connectivity index is 1.44. The zero-order valence-corrected chi connectivity index (χ0v) is 18.6. The average Bonchev–Trinajstić information content (AvgIpc) is 3.51. The minimum atomic E-state index is -0.654. The van der Waals surface area contributed by atoms with E-state index in [9.17, 15) is 9.59 Å². The molecule has 1 amide bonds. The van der Waals surface area contributed by atoms with Gasteiger partial charge in [-0.25, -0.2) is 4.98 Å². The molecule has 0 radical (unpaired) electrons. The third-order valence-corrected chi connectivity index (χ3v) is 7.49. The summed E-state index contributed by atoms with van der Waals surface area (Å²) < 4.78 is 6.55. The molecule has 1 fully saturated rings. The molecule has 4 aromatic heterocycles. The highest BCUT2D eigenvalue weighted by molar-refractivity contribution is 7.18. The van der Waals surface area contributed by atoms with Gasteiger partial charge in [0.15, 0.2) is 5.82 Å². The van der Waals surface area contributed by atoms with Crippen molar-refractivity contribution in [2.24, 2.45) is 0 Å². The quantitative estimate of drug-likeness (QED) is 0.490. The molecular weight excluding hydrogens is 434 g/mol. The van der Waals surface area contributed by atoms with Crippen LogP contribution < -0.4 is 10.9 Å². The fourth-order valence-electron chi connectivity index (χ4n) is 4.21.